The van der Waals surface area contributed by atoms with E-state index >= 15 is 0 Å². The molecular formula is C13H23N3O5. The van der Waals surface area contributed by atoms with Crippen molar-refractivity contribution in [3.63, 3.8) is 0 Å². The number of carboxylic acids is 1. The predicted octanol–water partition coefficient (Wildman–Crippen LogP) is -0.476. The van der Waals surface area contributed by atoms with Gasteiger partial charge in [-0.1, -0.05) is 0 Å². The molecule has 1 aliphatic heterocycles. The van der Waals surface area contributed by atoms with Gasteiger partial charge >= 0.3 is 12.0 Å². The standard InChI is InChI=1S/C13H23N3O5/c17-10(12(19)20)4-6-14-13(21)15-7-5-11(18)16-8-2-1-3-9-16/h10,17H,1-9H2,(H,19,20)(H2,14,15,21)/t10-/m0/s1. The number of nitrogens with zero attached hydrogens (tertiary/aromatic N) is 1. The Balaban J connectivity index is 2.07. The zero-order chi connectivity index (χ0) is 15.7. The molecule has 0 aromatic heterocycles. The minimum absolute atomic E-state index is 0.0382. The summed E-state index contributed by atoms with van der Waals surface area (Å²) >= 11 is 0. The number of carbonyl (C=O) groups excluding carboxylic acids is 2. The maximum Gasteiger partial charge on any atom is 0.332 e. The van der Waals surface area contributed by atoms with Crippen LogP contribution in [0.3, 0.4) is 0 Å². The fourth-order valence-electron chi connectivity index (χ4n) is 2.09. The molecule has 0 spiro atoms. The summed E-state index contributed by atoms with van der Waals surface area (Å²) in [5, 5.41) is 22.4. The molecule has 1 rings (SSSR count). The van der Waals surface area contributed by atoms with Crippen molar-refractivity contribution in [1.82, 2.24) is 15.5 Å². The van der Waals surface area contributed by atoms with E-state index in [1.807, 2.05) is 4.90 Å². The number of amides is 3. The molecule has 0 radical (unpaired) electrons. The normalized spacial score (nSPS) is 16.1. The third kappa shape index (κ3) is 6.94. The highest BCUT2D eigenvalue weighted by Crippen LogP contribution is 2.09. The molecule has 1 atom stereocenters. The number of nitrogens with one attached hydrogen (secondary N) is 2. The summed E-state index contributed by atoms with van der Waals surface area (Å²) in [6.07, 6.45) is 1.94. The highest BCUT2D eigenvalue weighted by Gasteiger charge is 2.16. The minimum Gasteiger partial charge on any atom is -0.479 e. The van der Waals surface area contributed by atoms with E-state index in [9.17, 15) is 14.4 Å². The summed E-state index contributed by atoms with van der Waals surface area (Å²) in [4.78, 5) is 35.4. The number of rotatable bonds is 7. The summed E-state index contributed by atoms with van der Waals surface area (Å²) < 4.78 is 0. The van der Waals surface area contributed by atoms with Crippen LogP contribution in [-0.2, 0) is 9.59 Å². The van der Waals surface area contributed by atoms with Crippen LogP contribution in [0, 0.1) is 0 Å². The lowest BCUT2D eigenvalue weighted by atomic mass is 10.1. The highest BCUT2D eigenvalue weighted by molar-refractivity contribution is 5.78. The molecular weight excluding hydrogens is 278 g/mol. The van der Waals surface area contributed by atoms with Gasteiger partial charge in [0.15, 0.2) is 6.10 Å². The predicted molar refractivity (Wildman–Crippen MR) is 74.7 cm³/mol. The molecule has 0 aromatic carbocycles. The zero-order valence-electron chi connectivity index (χ0n) is 12.0. The third-order valence-corrected chi connectivity index (χ3v) is 3.32. The monoisotopic (exact) mass is 301 g/mol. The van der Waals surface area contributed by atoms with E-state index in [0.29, 0.717) is 0 Å². The second-order valence-electron chi connectivity index (χ2n) is 5.02. The number of likely N-dealkylation sites (tertiary alicyclic amines) is 1. The first kappa shape index (κ1) is 17.2. The van der Waals surface area contributed by atoms with Crippen molar-refractivity contribution in [1.29, 1.82) is 0 Å². The van der Waals surface area contributed by atoms with Crippen LogP contribution in [0.2, 0.25) is 0 Å². The minimum atomic E-state index is -1.48. The second-order valence-corrected chi connectivity index (χ2v) is 5.02. The Bertz CT molecular complexity index is 369. The van der Waals surface area contributed by atoms with E-state index in [-0.39, 0.29) is 31.8 Å². The highest BCUT2D eigenvalue weighted by atomic mass is 16.4. The quantitative estimate of drug-likeness (QED) is 0.506. The molecule has 120 valence electrons. The van der Waals surface area contributed by atoms with Gasteiger partial charge in [0.2, 0.25) is 5.91 Å². The Kier molecular flexibility index (Phi) is 7.52. The van der Waals surface area contributed by atoms with Gasteiger partial charge in [-0.05, 0) is 19.3 Å². The van der Waals surface area contributed by atoms with Crippen LogP contribution in [0.25, 0.3) is 0 Å². The van der Waals surface area contributed by atoms with E-state index in [1.54, 1.807) is 0 Å². The molecule has 1 aliphatic rings. The molecule has 3 amide bonds. The van der Waals surface area contributed by atoms with Gasteiger partial charge in [0, 0.05) is 39.0 Å². The molecule has 0 aromatic rings. The van der Waals surface area contributed by atoms with Crippen molar-refractivity contribution in [2.24, 2.45) is 0 Å². The molecule has 0 unspecified atom stereocenters. The molecule has 8 heteroatoms. The number of urea groups is 1. The Labute approximate surface area is 123 Å². The van der Waals surface area contributed by atoms with Crippen LogP contribution in [0.5, 0.6) is 0 Å². The maximum atomic E-state index is 11.8. The van der Waals surface area contributed by atoms with E-state index in [1.165, 1.54) is 0 Å². The molecule has 21 heavy (non-hydrogen) atoms. The van der Waals surface area contributed by atoms with Gasteiger partial charge in [-0.3, -0.25) is 4.79 Å². The van der Waals surface area contributed by atoms with Gasteiger partial charge in [-0.15, -0.1) is 0 Å². The van der Waals surface area contributed by atoms with Gasteiger partial charge in [-0.25, -0.2) is 9.59 Å². The number of hydrogen-bond donors (Lipinski definition) is 4. The second kappa shape index (κ2) is 9.17. The van der Waals surface area contributed by atoms with Crippen LogP contribution < -0.4 is 10.6 Å². The first-order valence-electron chi connectivity index (χ1n) is 7.21. The van der Waals surface area contributed by atoms with Crippen molar-refractivity contribution >= 4 is 17.9 Å². The number of aliphatic carboxylic acids is 1. The lowest BCUT2D eigenvalue weighted by Crippen LogP contribution is -2.41. The van der Waals surface area contributed by atoms with Crippen molar-refractivity contribution < 1.29 is 24.6 Å². The Morgan fingerprint density at radius 2 is 1.67 bits per heavy atom. The SMILES string of the molecule is O=C(NCCC(=O)N1CCCCC1)NCC[C@H](O)C(=O)O. The maximum absolute atomic E-state index is 11.8. The largest absolute Gasteiger partial charge is 0.479 e. The van der Waals surface area contributed by atoms with Crippen LogP contribution in [0.15, 0.2) is 0 Å². The van der Waals surface area contributed by atoms with E-state index in [2.05, 4.69) is 10.6 Å². The van der Waals surface area contributed by atoms with E-state index in [4.69, 9.17) is 10.2 Å². The third-order valence-electron chi connectivity index (χ3n) is 3.32. The molecule has 0 aliphatic carbocycles. The Hall–Kier alpha value is -1.83. The molecule has 1 saturated heterocycles. The fourth-order valence-corrected chi connectivity index (χ4v) is 2.09. The number of carbonyl (C=O) groups is 3. The smallest absolute Gasteiger partial charge is 0.332 e. The molecule has 1 fully saturated rings. The van der Waals surface area contributed by atoms with Crippen molar-refractivity contribution in [2.75, 3.05) is 26.2 Å². The van der Waals surface area contributed by atoms with E-state index < -0.39 is 18.1 Å². The Morgan fingerprint density at radius 1 is 1.05 bits per heavy atom. The summed E-state index contributed by atoms with van der Waals surface area (Å²) in [6.45, 7) is 1.87. The number of hydrogen-bond acceptors (Lipinski definition) is 4. The van der Waals surface area contributed by atoms with Gasteiger partial charge in [0.25, 0.3) is 0 Å². The van der Waals surface area contributed by atoms with Crippen LogP contribution in [-0.4, -0.2) is 65.3 Å². The number of aliphatic hydroxyl groups is 1. The molecule has 0 saturated carbocycles. The van der Waals surface area contributed by atoms with Crippen molar-refractivity contribution in [2.45, 2.75) is 38.2 Å². The average molecular weight is 301 g/mol. The van der Waals surface area contributed by atoms with Crippen molar-refractivity contribution in [3.05, 3.63) is 0 Å². The molecule has 4 N–H and O–H groups in total. The summed E-state index contributed by atoms with van der Waals surface area (Å²) in [6, 6.07) is -0.473. The Morgan fingerprint density at radius 3 is 2.29 bits per heavy atom. The van der Waals surface area contributed by atoms with Gasteiger partial charge < -0.3 is 25.7 Å². The fraction of sp³-hybridized carbons (Fsp3) is 0.769. The molecule has 0 bridgehead atoms. The lowest BCUT2D eigenvalue weighted by Gasteiger charge is -2.26. The van der Waals surface area contributed by atoms with Crippen LogP contribution in [0.1, 0.15) is 32.1 Å². The van der Waals surface area contributed by atoms with E-state index in [0.717, 1.165) is 32.4 Å². The summed E-state index contributed by atoms with van der Waals surface area (Å²) in [5.74, 6) is -1.28. The first-order valence-corrected chi connectivity index (χ1v) is 7.21. The first-order chi connectivity index (χ1) is 10.0. The number of carboxylic acid groups (broad SMARTS) is 1. The van der Waals surface area contributed by atoms with Crippen LogP contribution >= 0.6 is 0 Å². The number of piperidine rings is 1. The summed E-state index contributed by atoms with van der Waals surface area (Å²) in [7, 11) is 0. The van der Waals surface area contributed by atoms with Crippen LogP contribution in [0.4, 0.5) is 4.79 Å². The van der Waals surface area contributed by atoms with Gasteiger partial charge in [-0.2, -0.15) is 0 Å². The van der Waals surface area contributed by atoms with Gasteiger partial charge in [0.1, 0.15) is 0 Å². The molecule has 8 nitrogen and oxygen atoms in total. The number of aliphatic hydroxyl groups excluding tert-OH is 1. The topological polar surface area (TPSA) is 119 Å². The molecule has 1 heterocycles. The van der Waals surface area contributed by atoms with Gasteiger partial charge in [0.05, 0.1) is 0 Å². The average Bonchev–Trinajstić information content (AvgIpc) is 2.47. The van der Waals surface area contributed by atoms with Crippen molar-refractivity contribution in [3.8, 4) is 0 Å². The summed E-state index contributed by atoms with van der Waals surface area (Å²) in [5.41, 5.74) is 0. The lowest BCUT2D eigenvalue weighted by molar-refractivity contribution is -0.146. The zero-order valence-corrected chi connectivity index (χ0v) is 12.0.